The zero-order valence-corrected chi connectivity index (χ0v) is 22.1. The Morgan fingerprint density at radius 2 is 1.74 bits per heavy atom. The highest BCUT2D eigenvalue weighted by atomic mass is 79.9. The van der Waals surface area contributed by atoms with Crippen LogP contribution in [0.1, 0.15) is 41.3 Å². The SMILES string of the molecule is COc1cc2c(cc1OC)CN(CCCCNC(=O)c1cc(Br)ccc1OCCOC(C)=O)CC2. The molecule has 0 bridgehead atoms. The zero-order chi connectivity index (χ0) is 25.2. The average molecular weight is 549 g/mol. The molecule has 0 radical (unpaired) electrons. The quantitative estimate of drug-likeness (QED) is 0.317. The zero-order valence-electron chi connectivity index (χ0n) is 20.5. The van der Waals surface area contributed by atoms with E-state index in [0.717, 1.165) is 54.9 Å². The Morgan fingerprint density at radius 1 is 1.00 bits per heavy atom. The van der Waals surface area contributed by atoms with Crippen LogP contribution in [0.5, 0.6) is 17.2 Å². The topological polar surface area (TPSA) is 86.3 Å². The first-order valence-electron chi connectivity index (χ1n) is 11.7. The van der Waals surface area contributed by atoms with Gasteiger partial charge in [0, 0.05) is 31.0 Å². The number of hydrogen-bond donors (Lipinski definition) is 1. The van der Waals surface area contributed by atoms with Crippen LogP contribution in [0.3, 0.4) is 0 Å². The number of carbonyl (C=O) groups is 2. The maximum Gasteiger partial charge on any atom is 0.302 e. The summed E-state index contributed by atoms with van der Waals surface area (Å²) in [5, 5.41) is 2.98. The summed E-state index contributed by atoms with van der Waals surface area (Å²) < 4.78 is 22.2. The molecule has 1 aliphatic rings. The lowest BCUT2D eigenvalue weighted by Gasteiger charge is -2.29. The summed E-state index contributed by atoms with van der Waals surface area (Å²) in [5.74, 6) is 1.44. The van der Waals surface area contributed by atoms with E-state index in [2.05, 4.69) is 38.3 Å². The molecule has 2 aromatic carbocycles. The number of hydrogen-bond acceptors (Lipinski definition) is 7. The van der Waals surface area contributed by atoms with Crippen molar-refractivity contribution in [1.82, 2.24) is 10.2 Å². The molecule has 0 fully saturated rings. The molecule has 0 unspecified atom stereocenters. The third kappa shape index (κ3) is 7.86. The molecule has 190 valence electrons. The third-order valence-electron chi connectivity index (χ3n) is 5.82. The smallest absolute Gasteiger partial charge is 0.302 e. The van der Waals surface area contributed by atoms with Crippen LogP contribution in [0, 0.1) is 0 Å². The lowest BCUT2D eigenvalue weighted by molar-refractivity contribution is -0.141. The molecule has 2 aromatic rings. The van der Waals surface area contributed by atoms with E-state index in [4.69, 9.17) is 18.9 Å². The van der Waals surface area contributed by atoms with Crippen molar-refractivity contribution in [2.75, 3.05) is 47.1 Å². The van der Waals surface area contributed by atoms with Crippen LogP contribution in [-0.2, 0) is 22.5 Å². The summed E-state index contributed by atoms with van der Waals surface area (Å²) in [4.78, 5) is 26.1. The van der Waals surface area contributed by atoms with Gasteiger partial charge in [-0.3, -0.25) is 14.5 Å². The second kappa shape index (κ2) is 13.3. The van der Waals surface area contributed by atoms with Crippen molar-refractivity contribution >= 4 is 27.8 Å². The van der Waals surface area contributed by atoms with E-state index in [1.165, 1.54) is 18.1 Å². The van der Waals surface area contributed by atoms with Crippen LogP contribution in [-0.4, -0.2) is 63.8 Å². The number of nitrogens with zero attached hydrogens (tertiary/aromatic N) is 1. The van der Waals surface area contributed by atoms with E-state index in [-0.39, 0.29) is 25.1 Å². The van der Waals surface area contributed by atoms with Gasteiger partial charge in [-0.2, -0.15) is 0 Å². The number of unbranched alkanes of at least 4 members (excludes halogenated alkanes) is 1. The van der Waals surface area contributed by atoms with E-state index in [1.54, 1.807) is 32.4 Å². The number of ether oxygens (including phenoxy) is 4. The number of fused-ring (bicyclic) bond motifs is 1. The molecule has 0 atom stereocenters. The first-order valence-corrected chi connectivity index (χ1v) is 12.5. The van der Waals surface area contributed by atoms with Gasteiger partial charge in [0.15, 0.2) is 11.5 Å². The van der Waals surface area contributed by atoms with Crippen LogP contribution in [0.25, 0.3) is 0 Å². The molecule has 1 amide bonds. The predicted molar refractivity (Wildman–Crippen MR) is 136 cm³/mol. The summed E-state index contributed by atoms with van der Waals surface area (Å²) in [6.07, 6.45) is 2.83. The van der Waals surface area contributed by atoms with Crippen molar-refractivity contribution in [3.63, 3.8) is 0 Å². The number of benzene rings is 2. The second-order valence-corrected chi connectivity index (χ2v) is 9.21. The molecular weight excluding hydrogens is 516 g/mol. The highest BCUT2D eigenvalue weighted by Crippen LogP contribution is 2.33. The van der Waals surface area contributed by atoms with Gasteiger partial charge in [0.05, 0.1) is 19.8 Å². The summed E-state index contributed by atoms with van der Waals surface area (Å²) in [6, 6.07) is 9.42. The van der Waals surface area contributed by atoms with Crippen molar-refractivity contribution in [1.29, 1.82) is 0 Å². The van der Waals surface area contributed by atoms with Gasteiger partial charge in [-0.05, 0) is 67.3 Å². The fraction of sp³-hybridized carbons (Fsp3) is 0.462. The van der Waals surface area contributed by atoms with Crippen LogP contribution < -0.4 is 19.5 Å². The maximum absolute atomic E-state index is 12.7. The van der Waals surface area contributed by atoms with Crippen molar-refractivity contribution < 1.29 is 28.5 Å². The third-order valence-corrected chi connectivity index (χ3v) is 6.31. The Hall–Kier alpha value is -2.78. The Morgan fingerprint density at radius 3 is 2.46 bits per heavy atom. The first-order chi connectivity index (χ1) is 16.9. The van der Waals surface area contributed by atoms with Gasteiger partial charge >= 0.3 is 5.97 Å². The monoisotopic (exact) mass is 548 g/mol. The van der Waals surface area contributed by atoms with Crippen LogP contribution in [0.4, 0.5) is 0 Å². The molecule has 35 heavy (non-hydrogen) atoms. The molecule has 0 saturated carbocycles. The molecule has 0 saturated heterocycles. The molecule has 9 heteroatoms. The molecule has 1 N–H and O–H groups in total. The lowest BCUT2D eigenvalue weighted by Crippen LogP contribution is -2.32. The number of rotatable bonds is 12. The van der Waals surface area contributed by atoms with Gasteiger partial charge in [0.1, 0.15) is 19.0 Å². The number of esters is 1. The van der Waals surface area contributed by atoms with Crippen molar-refractivity contribution in [3.8, 4) is 17.2 Å². The number of methoxy groups -OCH3 is 2. The number of nitrogens with one attached hydrogen (secondary N) is 1. The predicted octanol–water partition coefficient (Wildman–Crippen LogP) is 3.98. The minimum Gasteiger partial charge on any atom is -0.493 e. The van der Waals surface area contributed by atoms with E-state index in [0.29, 0.717) is 17.9 Å². The summed E-state index contributed by atoms with van der Waals surface area (Å²) in [6.45, 7) is 5.08. The maximum atomic E-state index is 12.7. The van der Waals surface area contributed by atoms with Gasteiger partial charge in [-0.15, -0.1) is 0 Å². The van der Waals surface area contributed by atoms with Gasteiger partial charge < -0.3 is 24.3 Å². The normalized spacial score (nSPS) is 13.0. The average Bonchev–Trinajstić information content (AvgIpc) is 2.85. The molecule has 1 heterocycles. The van der Waals surface area contributed by atoms with Gasteiger partial charge in [-0.1, -0.05) is 15.9 Å². The van der Waals surface area contributed by atoms with Gasteiger partial charge in [0.25, 0.3) is 5.91 Å². The fourth-order valence-electron chi connectivity index (χ4n) is 4.03. The molecule has 1 aliphatic heterocycles. The number of carbonyl (C=O) groups excluding carboxylic acids is 2. The number of halogens is 1. The Labute approximate surface area is 215 Å². The molecule has 8 nitrogen and oxygen atoms in total. The summed E-state index contributed by atoms with van der Waals surface area (Å²) in [5.41, 5.74) is 3.03. The van der Waals surface area contributed by atoms with Crippen molar-refractivity contribution in [2.45, 2.75) is 32.7 Å². The highest BCUT2D eigenvalue weighted by Gasteiger charge is 2.19. The molecular formula is C26H33BrN2O6. The van der Waals surface area contributed by atoms with Crippen molar-refractivity contribution in [3.05, 3.63) is 51.5 Å². The van der Waals surface area contributed by atoms with Crippen LogP contribution in [0.15, 0.2) is 34.8 Å². The number of amides is 1. The lowest BCUT2D eigenvalue weighted by atomic mass is 9.98. The Kier molecular flexibility index (Phi) is 10.2. The summed E-state index contributed by atoms with van der Waals surface area (Å²) >= 11 is 3.41. The van der Waals surface area contributed by atoms with Crippen LogP contribution in [0.2, 0.25) is 0 Å². The molecule has 0 aromatic heterocycles. The minimum absolute atomic E-state index is 0.133. The van der Waals surface area contributed by atoms with E-state index >= 15 is 0 Å². The summed E-state index contributed by atoms with van der Waals surface area (Å²) in [7, 11) is 3.32. The van der Waals surface area contributed by atoms with Gasteiger partial charge in [-0.25, -0.2) is 0 Å². The van der Waals surface area contributed by atoms with E-state index in [9.17, 15) is 9.59 Å². The molecule has 3 rings (SSSR count). The largest absolute Gasteiger partial charge is 0.493 e. The van der Waals surface area contributed by atoms with E-state index < -0.39 is 0 Å². The van der Waals surface area contributed by atoms with Gasteiger partial charge in [0.2, 0.25) is 0 Å². The fourth-order valence-corrected chi connectivity index (χ4v) is 4.39. The highest BCUT2D eigenvalue weighted by molar-refractivity contribution is 9.10. The van der Waals surface area contributed by atoms with Crippen LogP contribution >= 0.6 is 15.9 Å². The Bertz CT molecular complexity index is 1030. The molecule has 0 spiro atoms. The minimum atomic E-state index is -0.365. The van der Waals surface area contributed by atoms with E-state index in [1.807, 2.05) is 0 Å². The second-order valence-electron chi connectivity index (χ2n) is 8.29. The Balaban J connectivity index is 1.43. The standard InChI is InChI=1S/C26H33BrN2O6/c1-18(30)34-12-13-35-23-7-6-21(27)16-22(23)26(31)28-9-4-5-10-29-11-8-19-14-24(32-2)25(33-3)15-20(19)17-29/h6-7,14-16H,4-5,8-13,17H2,1-3H3,(H,28,31). The molecule has 0 aliphatic carbocycles. The van der Waals surface area contributed by atoms with Crippen molar-refractivity contribution in [2.24, 2.45) is 0 Å². The first kappa shape index (κ1) is 26.8.